The van der Waals surface area contributed by atoms with E-state index in [-0.39, 0.29) is 23.7 Å². The van der Waals surface area contributed by atoms with E-state index in [0.29, 0.717) is 11.7 Å². The van der Waals surface area contributed by atoms with Crippen molar-refractivity contribution in [3.05, 3.63) is 58.7 Å². The van der Waals surface area contributed by atoms with Crippen LogP contribution in [0.2, 0.25) is 0 Å². The lowest BCUT2D eigenvalue weighted by atomic mass is 9.92. The molecule has 0 bridgehead atoms. The lowest BCUT2D eigenvalue weighted by Gasteiger charge is -2.32. The SMILES string of the molecule is COc1ccc(C(=O)Nc2ccc3c(c2)C2CCCN2CC3)cc1C(F)(F)F.Cl. The second-order valence-corrected chi connectivity index (χ2v) is 7.22. The van der Waals surface area contributed by atoms with Crippen LogP contribution >= 0.6 is 12.4 Å². The number of fused-ring (bicyclic) bond motifs is 3. The fraction of sp³-hybridized carbons (Fsp3) is 0.381. The number of methoxy groups -OCH3 is 1. The molecule has 29 heavy (non-hydrogen) atoms. The number of alkyl halides is 3. The summed E-state index contributed by atoms with van der Waals surface area (Å²) in [4.78, 5) is 15.0. The molecule has 2 aliphatic heterocycles. The van der Waals surface area contributed by atoms with Gasteiger partial charge in [-0.25, -0.2) is 0 Å². The zero-order valence-corrected chi connectivity index (χ0v) is 16.7. The summed E-state index contributed by atoms with van der Waals surface area (Å²) in [5, 5.41) is 2.74. The van der Waals surface area contributed by atoms with Crippen LogP contribution < -0.4 is 10.1 Å². The van der Waals surface area contributed by atoms with Crippen LogP contribution in [0.15, 0.2) is 36.4 Å². The molecule has 1 fully saturated rings. The number of carbonyl (C=O) groups excluding carboxylic acids is 1. The number of amides is 1. The van der Waals surface area contributed by atoms with Gasteiger partial charge < -0.3 is 10.1 Å². The van der Waals surface area contributed by atoms with E-state index in [9.17, 15) is 18.0 Å². The third-order valence-electron chi connectivity index (χ3n) is 5.56. The van der Waals surface area contributed by atoms with Gasteiger partial charge in [0.05, 0.1) is 12.7 Å². The normalized spacial score (nSPS) is 18.4. The van der Waals surface area contributed by atoms with E-state index >= 15 is 0 Å². The monoisotopic (exact) mass is 426 g/mol. The summed E-state index contributed by atoms with van der Waals surface area (Å²) in [5.74, 6) is -0.883. The van der Waals surface area contributed by atoms with E-state index < -0.39 is 17.6 Å². The molecule has 1 amide bonds. The van der Waals surface area contributed by atoms with Gasteiger partial charge >= 0.3 is 6.18 Å². The zero-order valence-electron chi connectivity index (χ0n) is 15.9. The highest BCUT2D eigenvalue weighted by Crippen LogP contribution is 2.39. The van der Waals surface area contributed by atoms with Crippen molar-refractivity contribution in [1.82, 2.24) is 4.90 Å². The van der Waals surface area contributed by atoms with Crippen LogP contribution in [0.3, 0.4) is 0 Å². The number of rotatable bonds is 3. The Bertz CT molecular complexity index is 917. The Morgan fingerprint density at radius 1 is 1.17 bits per heavy atom. The first-order chi connectivity index (χ1) is 13.4. The van der Waals surface area contributed by atoms with E-state index in [1.165, 1.54) is 30.4 Å². The van der Waals surface area contributed by atoms with Crippen LogP contribution in [0.1, 0.15) is 45.9 Å². The van der Waals surface area contributed by atoms with Crippen molar-refractivity contribution in [3.63, 3.8) is 0 Å². The number of hydrogen-bond donors (Lipinski definition) is 1. The van der Waals surface area contributed by atoms with Gasteiger partial charge in [-0.05, 0) is 67.3 Å². The van der Waals surface area contributed by atoms with Crippen molar-refractivity contribution in [2.45, 2.75) is 31.5 Å². The minimum atomic E-state index is -4.60. The maximum absolute atomic E-state index is 13.2. The van der Waals surface area contributed by atoms with Crippen LogP contribution in [-0.2, 0) is 12.6 Å². The Labute approximate surface area is 173 Å². The van der Waals surface area contributed by atoms with Gasteiger partial charge in [0, 0.05) is 23.8 Å². The topological polar surface area (TPSA) is 41.6 Å². The van der Waals surface area contributed by atoms with E-state index in [0.717, 1.165) is 38.4 Å². The predicted octanol–water partition coefficient (Wildman–Crippen LogP) is 5.08. The fourth-order valence-corrected chi connectivity index (χ4v) is 4.19. The number of nitrogens with one attached hydrogen (secondary N) is 1. The fourth-order valence-electron chi connectivity index (χ4n) is 4.19. The Morgan fingerprint density at radius 3 is 2.69 bits per heavy atom. The maximum atomic E-state index is 13.2. The van der Waals surface area contributed by atoms with Crippen LogP contribution in [0.5, 0.6) is 5.75 Å². The molecule has 2 aromatic carbocycles. The minimum absolute atomic E-state index is 0. The number of halogens is 4. The summed E-state index contributed by atoms with van der Waals surface area (Å²) in [7, 11) is 1.17. The highest BCUT2D eigenvalue weighted by atomic mass is 35.5. The minimum Gasteiger partial charge on any atom is -0.496 e. The maximum Gasteiger partial charge on any atom is 0.419 e. The summed E-state index contributed by atoms with van der Waals surface area (Å²) in [6, 6.07) is 9.49. The average molecular weight is 427 g/mol. The van der Waals surface area contributed by atoms with E-state index in [1.54, 1.807) is 0 Å². The highest BCUT2D eigenvalue weighted by molar-refractivity contribution is 6.04. The molecule has 1 unspecified atom stereocenters. The van der Waals surface area contributed by atoms with Gasteiger partial charge in [0.2, 0.25) is 0 Å². The van der Waals surface area contributed by atoms with Crippen molar-refractivity contribution in [3.8, 4) is 5.75 Å². The molecule has 1 atom stereocenters. The standard InChI is InChI=1S/C21H21F3N2O2.ClH/c1-28-19-7-5-14(11-17(19)21(22,23)24)20(27)25-15-6-4-13-8-10-26-9-2-3-18(26)16(13)12-15;/h4-7,11-12,18H,2-3,8-10H2,1H3,(H,25,27);1H. The molecule has 0 aliphatic carbocycles. The molecule has 8 heteroatoms. The molecule has 4 rings (SSSR count). The van der Waals surface area contributed by atoms with Crippen molar-refractivity contribution < 1.29 is 22.7 Å². The third kappa shape index (κ3) is 4.21. The molecule has 0 aromatic heterocycles. The van der Waals surface area contributed by atoms with E-state index in [4.69, 9.17) is 4.74 Å². The molecule has 2 heterocycles. The van der Waals surface area contributed by atoms with Crippen molar-refractivity contribution in [1.29, 1.82) is 0 Å². The molecule has 4 nitrogen and oxygen atoms in total. The molecule has 0 radical (unpaired) electrons. The van der Waals surface area contributed by atoms with E-state index in [2.05, 4.69) is 10.2 Å². The summed E-state index contributed by atoms with van der Waals surface area (Å²) in [6.07, 6.45) is -1.36. The molecule has 2 aromatic rings. The Balaban J connectivity index is 0.00000240. The molecular formula is C21H22ClF3N2O2. The number of nitrogens with zero attached hydrogens (tertiary/aromatic N) is 1. The second-order valence-electron chi connectivity index (χ2n) is 7.22. The largest absolute Gasteiger partial charge is 0.496 e. The van der Waals surface area contributed by atoms with Crippen LogP contribution in [-0.4, -0.2) is 31.0 Å². The van der Waals surface area contributed by atoms with Gasteiger partial charge in [0.25, 0.3) is 5.91 Å². The molecule has 1 N–H and O–H groups in total. The van der Waals surface area contributed by atoms with Gasteiger partial charge in [-0.1, -0.05) is 6.07 Å². The number of anilines is 1. The first-order valence-corrected chi connectivity index (χ1v) is 9.30. The van der Waals surface area contributed by atoms with Crippen molar-refractivity contribution in [2.75, 3.05) is 25.5 Å². The molecule has 2 aliphatic rings. The second kappa shape index (κ2) is 8.24. The van der Waals surface area contributed by atoms with Gasteiger partial charge in [-0.2, -0.15) is 13.2 Å². The lowest BCUT2D eigenvalue weighted by Crippen LogP contribution is -2.31. The molecule has 0 saturated carbocycles. The van der Waals surface area contributed by atoms with Crippen LogP contribution in [0.4, 0.5) is 18.9 Å². The third-order valence-corrected chi connectivity index (χ3v) is 5.56. The zero-order chi connectivity index (χ0) is 19.9. The van der Waals surface area contributed by atoms with Gasteiger partial charge in [-0.3, -0.25) is 9.69 Å². The number of hydrogen-bond acceptors (Lipinski definition) is 3. The van der Waals surface area contributed by atoms with Crippen molar-refractivity contribution in [2.24, 2.45) is 0 Å². The van der Waals surface area contributed by atoms with Crippen LogP contribution in [0, 0.1) is 0 Å². The Kier molecular flexibility index (Phi) is 6.10. The highest BCUT2D eigenvalue weighted by Gasteiger charge is 2.35. The smallest absolute Gasteiger partial charge is 0.419 e. The molecule has 156 valence electrons. The summed E-state index contributed by atoms with van der Waals surface area (Å²) in [6.45, 7) is 2.14. The Morgan fingerprint density at radius 2 is 1.97 bits per heavy atom. The first-order valence-electron chi connectivity index (χ1n) is 9.30. The van der Waals surface area contributed by atoms with Crippen LogP contribution in [0.25, 0.3) is 0 Å². The average Bonchev–Trinajstić information content (AvgIpc) is 3.16. The van der Waals surface area contributed by atoms with Gasteiger partial charge in [0.15, 0.2) is 0 Å². The van der Waals surface area contributed by atoms with Crippen molar-refractivity contribution >= 4 is 24.0 Å². The number of carbonyl (C=O) groups is 1. The number of benzene rings is 2. The Hall–Kier alpha value is -2.25. The van der Waals surface area contributed by atoms with E-state index in [1.807, 2.05) is 18.2 Å². The lowest BCUT2D eigenvalue weighted by molar-refractivity contribution is -0.138. The summed E-state index contributed by atoms with van der Waals surface area (Å²) >= 11 is 0. The van der Waals surface area contributed by atoms with Gasteiger partial charge in [0.1, 0.15) is 5.75 Å². The summed E-state index contributed by atoms with van der Waals surface area (Å²) < 4.78 is 44.4. The first kappa shape index (κ1) is 21.5. The van der Waals surface area contributed by atoms with Gasteiger partial charge in [-0.15, -0.1) is 12.4 Å². The number of ether oxygens (including phenoxy) is 1. The molecule has 0 spiro atoms. The summed E-state index contributed by atoms with van der Waals surface area (Å²) in [5.41, 5.74) is 2.07. The quantitative estimate of drug-likeness (QED) is 0.744. The predicted molar refractivity (Wildman–Crippen MR) is 107 cm³/mol. The molecule has 1 saturated heterocycles. The molecular weight excluding hydrogens is 405 g/mol.